The molecule has 2 aromatic carbocycles. The van der Waals surface area contributed by atoms with Gasteiger partial charge in [-0.15, -0.1) is 11.8 Å². The number of amides is 1. The van der Waals surface area contributed by atoms with Crippen LogP contribution in [-0.2, 0) is 20.9 Å². The molecule has 0 radical (unpaired) electrons. The summed E-state index contributed by atoms with van der Waals surface area (Å²) in [5.74, 6) is 0.992. The monoisotopic (exact) mass is 464 g/mol. The Labute approximate surface area is 187 Å². The number of methoxy groups -OCH3 is 2. The van der Waals surface area contributed by atoms with Crippen LogP contribution in [0.5, 0.6) is 5.75 Å². The van der Waals surface area contributed by atoms with Crippen LogP contribution in [0.3, 0.4) is 0 Å². The number of aromatic nitrogens is 1. The van der Waals surface area contributed by atoms with E-state index in [1.54, 1.807) is 35.6 Å². The van der Waals surface area contributed by atoms with Gasteiger partial charge in [0.15, 0.2) is 4.80 Å². The van der Waals surface area contributed by atoms with E-state index in [9.17, 15) is 9.59 Å². The molecule has 1 aromatic heterocycles. The number of benzene rings is 2. The van der Waals surface area contributed by atoms with Crippen molar-refractivity contribution in [2.24, 2.45) is 4.99 Å². The number of ether oxygens (including phenoxy) is 2. The van der Waals surface area contributed by atoms with Crippen LogP contribution in [0.4, 0.5) is 0 Å². The Morgan fingerprint density at radius 1 is 1.17 bits per heavy atom. The van der Waals surface area contributed by atoms with Crippen molar-refractivity contribution < 1.29 is 19.1 Å². The van der Waals surface area contributed by atoms with Crippen molar-refractivity contribution >= 4 is 56.8 Å². The average Bonchev–Trinajstić information content (AvgIpc) is 3.07. The van der Waals surface area contributed by atoms with Crippen molar-refractivity contribution in [3.05, 3.63) is 52.3 Å². The van der Waals surface area contributed by atoms with Gasteiger partial charge >= 0.3 is 5.97 Å². The average molecular weight is 465 g/mol. The second kappa shape index (κ2) is 10.7. The van der Waals surface area contributed by atoms with Crippen LogP contribution in [0.1, 0.15) is 12.8 Å². The van der Waals surface area contributed by atoms with Crippen molar-refractivity contribution in [2.75, 3.05) is 20.0 Å². The smallest absolute Gasteiger partial charge is 0.325 e. The Morgan fingerprint density at radius 2 is 1.93 bits per heavy atom. The molecule has 9 heteroatoms. The maximum atomic E-state index is 12.4. The lowest BCUT2D eigenvalue weighted by molar-refractivity contribution is -0.141. The quantitative estimate of drug-likeness (QED) is 0.278. The highest BCUT2D eigenvalue weighted by atomic mass is 35.5. The molecule has 0 unspecified atom stereocenters. The fraction of sp³-hybridized carbons (Fsp3) is 0.286. The van der Waals surface area contributed by atoms with Gasteiger partial charge in [-0.05, 0) is 54.6 Å². The Bertz CT molecular complexity index is 1110. The summed E-state index contributed by atoms with van der Waals surface area (Å²) >= 11 is 9.07. The lowest BCUT2D eigenvalue weighted by Gasteiger charge is -2.04. The molecule has 0 spiro atoms. The summed E-state index contributed by atoms with van der Waals surface area (Å²) in [4.78, 5) is 30.1. The predicted molar refractivity (Wildman–Crippen MR) is 120 cm³/mol. The summed E-state index contributed by atoms with van der Waals surface area (Å²) in [6.07, 6.45) is 1.03. The van der Waals surface area contributed by atoms with E-state index >= 15 is 0 Å². The third-order valence-corrected chi connectivity index (χ3v) is 6.62. The Kier molecular flexibility index (Phi) is 7.95. The van der Waals surface area contributed by atoms with E-state index < -0.39 is 5.97 Å². The van der Waals surface area contributed by atoms with Crippen LogP contribution in [0.25, 0.3) is 10.2 Å². The molecule has 0 N–H and O–H groups in total. The summed E-state index contributed by atoms with van der Waals surface area (Å²) in [6.45, 7) is -0.0163. The van der Waals surface area contributed by atoms with Crippen molar-refractivity contribution in [1.82, 2.24) is 4.57 Å². The minimum atomic E-state index is -0.408. The number of nitrogens with zero attached hydrogens (tertiary/aromatic N) is 2. The summed E-state index contributed by atoms with van der Waals surface area (Å²) in [5.41, 5.74) is 0.788. The van der Waals surface area contributed by atoms with E-state index in [-0.39, 0.29) is 12.5 Å². The van der Waals surface area contributed by atoms with Gasteiger partial charge in [0.25, 0.3) is 0 Å². The molecule has 3 rings (SSSR count). The molecule has 158 valence electrons. The number of fused-ring (bicyclic) bond motifs is 1. The standard InChI is InChI=1S/C21H21ClN2O4S2/c1-27-15-6-8-16(9-7-15)29-11-3-4-19(25)23-21-24(13-20(26)28-2)17-10-5-14(22)12-18(17)30-21/h5-10,12H,3-4,11,13H2,1-2H3. The van der Waals surface area contributed by atoms with Crippen LogP contribution >= 0.6 is 34.7 Å². The highest BCUT2D eigenvalue weighted by Gasteiger charge is 2.12. The lowest BCUT2D eigenvalue weighted by atomic mass is 10.3. The number of carbonyl (C=O) groups is 2. The molecule has 3 aromatic rings. The number of hydrogen-bond donors (Lipinski definition) is 0. The highest BCUT2D eigenvalue weighted by Crippen LogP contribution is 2.23. The molecular formula is C21H21ClN2O4S2. The van der Waals surface area contributed by atoms with Gasteiger partial charge < -0.3 is 14.0 Å². The number of hydrogen-bond acceptors (Lipinski definition) is 6. The topological polar surface area (TPSA) is 69.9 Å². The van der Waals surface area contributed by atoms with Crippen LogP contribution in [-0.4, -0.2) is 36.4 Å². The number of rotatable bonds is 8. The molecule has 30 heavy (non-hydrogen) atoms. The molecular weight excluding hydrogens is 444 g/mol. The van der Waals surface area contributed by atoms with E-state index in [0.717, 1.165) is 26.6 Å². The molecule has 1 amide bonds. The molecule has 0 aliphatic carbocycles. The molecule has 0 bridgehead atoms. The number of thiazole rings is 1. The Hall–Kier alpha value is -2.29. The maximum Gasteiger partial charge on any atom is 0.325 e. The van der Waals surface area contributed by atoms with Crippen molar-refractivity contribution in [3.63, 3.8) is 0 Å². The molecule has 6 nitrogen and oxygen atoms in total. The molecule has 0 aliphatic rings. The SMILES string of the molecule is COC(=O)Cn1c(=NC(=O)CCCSc2ccc(OC)cc2)sc2cc(Cl)ccc21. The van der Waals surface area contributed by atoms with Crippen LogP contribution in [0, 0.1) is 0 Å². The van der Waals surface area contributed by atoms with Crippen molar-refractivity contribution in [1.29, 1.82) is 0 Å². The third kappa shape index (κ3) is 5.87. The Balaban J connectivity index is 1.67. The Morgan fingerprint density at radius 3 is 2.63 bits per heavy atom. The summed E-state index contributed by atoms with van der Waals surface area (Å²) in [7, 11) is 2.97. The van der Waals surface area contributed by atoms with Gasteiger partial charge in [0.05, 0.1) is 24.4 Å². The minimum Gasteiger partial charge on any atom is -0.497 e. The van der Waals surface area contributed by atoms with Gasteiger partial charge in [0.1, 0.15) is 12.3 Å². The van der Waals surface area contributed by atoms with E-state index in [4.69, 9.17) is 21.1 Å². The van der Waals surface area contributed by atoms with Crippen LogP contribution in [0.2, 0.25) is 5.02 Å². The first-order valence-electron chi connectivity index (χ1n) is 9.20. The zero-order valence-corrected chi connectivity index (χ0v) is 19.0. The van der Waals surface area contributed by atoms with Gasteiger partial charge in [0, 0.05) is 16.3 Å². The first-order chi connectivity index (χ1) is 14.5. The maximum absolute atomic E-state index is 12.4. The van der Waals surface area contributed by atoms with Gasteiger partial charge in [0.2, 0.25) is 5.91 Å². The molecule has 0 fully saturated rings. The van der Waals surface area contributed by atoms with E-state index in [1.807, 2.05) is 30.3 Å². The molecule has 0 saturated carbocycles. The van der Waals surface area contributed by atoms with Gasteiger partial charge in [-0.1, -0.05) is 22.9 Å². The first-order valence-corrected chi connectivity index (χ1v) is 11.4. The fourth-order valence-corrected chi connectivity index (χ4v) is 4.90. The second-order valence-electron chi connectivity index (χ2n) is 6.29. The third-order valence-electron chi connectivity index (χ3n) is 4.24. The molecule has 0 atom stereocenters. The van der Waals surface area contributed by atoms with Crippen LogP contribution < -0.4 is 9.54 Å². The van der Waals surface area contributed by atoms with E-state index in [0.29, 0.717) is 22.7 Å². The number of thioether (sulfide) groups is 1. The zero-order chi connectivity index (χ0) is 21.5. The van der Waals surface area contributed by atoms with E-state index in [1.165, 1.54) is 18.4 Å². The van der Waals surface area contributed by atoms with Gasteiger partial charge in [-0.25, -0.2) is 0 Å². The molecule has 1 heterocycles. The number of halogens is 1. The largest absolute Gasteiger partial charge is 0.497 e. The lowest BCUT2D eigenvalue weighted by Crippen LogP contribution is -2.22. The molecule has 0 saturated heterocycles. The predicted octanol–water partition coefficient (Wildman–Crippen LogP) is 4.54. The second-order valence-corrected chi connectivity index (χ2v) is 8.91. The summed E-state index contributed by atoms with van der Waals surface area (Å²) < 4.78 is 12.5. The van der Waals surface area contributed by atoms with Gasteiger partial charge in [-0.2, -0.15) is 4.99 Å². The van der Waals surface area contributed by atoms with Crippen molar-refractivity contribution in [3.8, 4) is 5.75 Å². The van der Waals surface area contributed by atoms with E-state index in [2.05, 4.69) is 4.99 Å². The van der Waals surface area contributed by atoms with Crippen molar-refractivity contribution in [2.45, 2.75) is 24.3 Å². The summed E-state index contributed by atoms with van der Waals surface area (Å²) in [5, 5.41) is 0.586. The number of carbonyl (C=O) groups excluding carboxylic acids is 2. The highest BCUT2D eigenvalue weighted by molar-refractivity contribution is 7.99. The fourth-order valence-electron chi connectivity index (χ4n) is 2.73. The van der Waals surface area contributed by atoms with Crippen LogP contribution in [0.15, 0.2) is 52.4 Å². The van der Waals surface area contributed by atoms with Gasteiger partial charge in [-0.3, -0.25) is 9.59 Å². The molecule has 0 aliphatic heterocycles. The summed E-state index contributed by atoms with van der Waals surface area (Å²) in [6, 6.07) is 13.2. The zero-order valence-electron chi connectivity index (χ0n) is 16.6. The number of esters is 1. The normalized spacial score (nSPS) is 11.6. The minimum absolute atomic E-state index is 0.0163. The first kappa shape index (κ1) is 22.4.